The Morgan fingerprint density at radius 3 is 2.79 bits per heavy atom. The zero-order valence-corrected chi connectivity index (χ0v) is 15.7. The van der Waals surface area contributed by atoms with E-state index in [4.69, 9.17) is 4.74 Å². The van der Waals surface area contributed by atoms with Gasteiger partial charge in [0.2, 0.25) is 5.91 Å². The smallest absolute Gasteiger partial charge is 0.340 e. The summed E-state index contributed by atoms with van der Waals surface area (Å²) >= 11 is 2.61. The second kappa shape index (κ2) is 8.29. The predicted molar refractivity (Wildman–Crippen MR) is 94.8 cm³/mol. The first-order valence-electron chi connectivity index (χ1n) is 7.49. The van der Waals surface area contributed by atoms with Gasteiger partial charge in [-0.3, -0.25) is 4.79 Å². The van der Waals surface area contributed by atoms with E-state index in [9.17, 15) is 9.59 Å². The molecule has 2 rings (SSSR count). The van der Waals surface area contributed by atoms with E-state index in [1.807, 2.05) is 11.5 Å². The number of amides is 1. The highest BCUT2D eigenvalue weighted by molar-refractivity contribution is 7.99. The largest absolute Gasteiger partial charge is 0.465 e. The third kappa shape index (κ3) is 4.15. The Kier molecular flexibility index (Phi) is 6.38. The fourth-order valence-electron chi connectivity index (χ4n) is 2.10. The van der Waals surface area contributed by atoms with Crippen LogP contribution in [0.5, 0.6) is 0 Å². The molecule has 0 saturated heterocycles. The fraction of sp³-hybridized carbons (Fsp3) is 0.467. The number of methoxy groups -OCH3 is 1. The van der Waals surface area contributed by atoms with Gasteiger partial charge in [-0.2, -0.15) is 0 Å². The minimum absolute atomic E-state index is 0.189. The van der Waals surface area contributed by atoms with Crippen molar-refractivity contribution in [3.05, 3.63) is 22.8 Å². The molecule has 24 heavy (non-hydrogen) atoms. The number of ether oxygens (including phenoxy) is 1. The van der Waals surface area contributed by atoms with Crippen LogP contribution in [0.25, 0.3) is 0 Å². The Morgan fingerprint density at radius 1 is 1.42 bits per heavy atom. The number of aromatic nitrogens is 3. The lowest BCUT2D eigenvalue weighted by molar-refractivity contribution is -0.113. The summed E-state index contributed by atoms with van der Waals surface area (Å²) in [5, 5.41) is 14.0. The van der Waals surface area contributed by atoms with E-state index >= 15 is 0 Å². The molecule has 130 valence electrons. The van der Waals surface area contributed by atoms with Gasteiger partial charge in [0.15, 0.2) is 5.16 Å². The van der Waals surface area contributed by atoms with Crippen LogP contribution in [0.3, 0.4) is 0 Å². The third-order valence-electron chi connectivity index (χ3n) is 3.23. The van der Waals surface area contributed by atoms with Crippen LogP contribution >= 0.6 is 23.1 Å². The molecule has 7 nitrogen and oxygen atoms in total. The van der Waals surface area contributed by atoms with Crippen LogP contribution < -0.4 is 5.32 Å². The summed E-state index contributed by atoms with van der Waals surface area (Å²) in [5.41, 5.74) is 0.361. The van der Waals surface area contributed by atoms with Gasteiger partial charge in [-0.15, -0.1) is 21.5 Å². The number of nitrogens with zero attached hydrogens (tertiary/aromatic N) is 3. The van der Waals surface area contributed by atoms with Gasteiger partial charge in [0.1, 0.15) is 10.8 Å². The predicted octanol–water partition coefficient (Wildman–Crippen LogP) is 3.00. The minimum Gasteiger partial charge on any atom is -0.465 e. The van der Waals surface area contributed by atoms with Crippen LogP contribution in [0.4, 0.5) is 5.00 Å². The normalized spacial score (nSPS) is 10.9. The van der Waals surface area contributed by atoms with Crippen LogP contribution in [0.15, 0.2) is 16.6 Å². The lowest BCUT2D eigenvalue weighted by Crippen LogP contribution is -2.16. The van der Waals surface area contributed by atoms with Gasteiger partial charge < -0.3 is 14.6 Å². The van der Waals surface area contributed by atoms with Crippen molar-refractivity contribution < 1.29 is 14.3 Å². The highest BCUT2D eigenvalue weighted by Crippen LogP contribution is 2.25. The number of carbonyl (C=O) groups is 2. The number of anilines is 1. The highest BCUT2D eigenvalue weighted by Gasteiger charge is 2.18. The maximum atomic E-state index is 12.2. The summed E-state index contributed by atoms with van der Waals surface area (Å²) in [5.74, 6) is 0.700. The Bertz CT molecular complexity index is 724. The van der Waals surface area contributed by atoms with Gasteiger partial charge in [-0.05, 0) is 18.4 Å². The maximum Gasteiger partial charge on any atom is 0.340 e. The molecule has 0 atom stereocenters. The average Bonchev–Trinajstić information content (AvgIpc) is 3.18. The lowest BCUT2D eigenvalue weighted by Gasteiger charge is -2.09. The van der Waals surface area contributed by atoms with Gasteiger partial charge in [-0.1, -0.05) is 25.6 Å². The molecule has 1 amide bonds. The molecule has 0 unspecified atom stereocenters. The number of esters is 1. The molecule has 0 aliphatic rings. The van der Waals surface area contributed by atoms with Gasteiger partial charge in [0, 0.05) is 12.5 Å². The Hall–Kier alpha value is -1.87. The number of nitrogens with one attached hydrogen (secondary N) is 1. The second-order valence-corrected chi connectivity index (χ2v) is 7.09. The molecule has 0 radical (unpaired) electrons. The van der Waals surface area contributed by atoms with Crippen molar-refractivity contribution in [3.8, 4) is 0 Å². The van der Waals surface area contributed by atoms with E-state index in [1.165, 1.54) is 30.2 Å². The first-order chi connectivity index (χ1) is 11.5. The number of thioether (sulfide) groups is 1. The Balaban J connectivity index is 2.00. The maximum absolute atomic E-state index is 12.2. The first-order valence-corrected chi connectivity index (χ1v) is 9.36. The van der Waals surface area contributed by atoms with Crippen molar-refractivity contribution in [2.75, 3.05) is 18.2 Å². The number of hydrogen-bond donors (Lipinski definition) is 1. The molecule has 2 aromatic rings. The van der Waals surface area contributed by atoms with Crippen LogP contribution in [-0.4, -0.2) is 39.5 Å². The van der Waals surface area contributed by atoms with Crippen molar-refractivity contribution in [3.63, 3.8) is 0 Å². The molecule has 0 aliphatic carbocycles. The topological polar surface area (TPSA) is 86.1 Å². The van der Waals surface area contributed by atoms with Crippen molar-refractivity contribution >= 4 is 40.0 Å². The molecule has 2 heterocycles. The molecular weight excluding hydrogens is 348 g/mol. The molecule has 0 saturated carbocycles. The molecule has 0 fully saturated rings. The number of hydrogen-bond acceptors (Lipinski definition) is 7. The highest BCUT2D eigenvalue weighted by atomic mass is 32.2. The summed E-state index contributed by atoms with van der Waals surface area (Å²) in [4.78, 5) is 23.8. The molecular formula is C15H20N4O3S2. The van der Waals surface area contributed by atoms with Crippen LogP contribution in [0.1, 0.15) is 42.9 Å². The quantitative estimate of drug-likeness (QED) is 0.597. The van der Waals surface area contributed by atoms with E-state index in [2.05, 4.69) is 29.4 Å². The summed E-state index contributed by atoms with van der Waals surface area (Å²) in [6.45, 7) is 6.89. The van der Waals surface area contributed by atoms with Crippen molar-refractivity contribution in [1.29, 1.82) is 0 Å². The molecule has 9 heteroatoms. The van der Waals surface area contributed by atoms with E-state index in [-0.39, 0.29) is 17.6 Å². The van der Waals surface area contributed by atoms with Crippen molar-refractivity contribution in [2.24, 2.45) is 0 Å². The zero-order valence-electron chi connectivity index (χ0n) is 14.0. The Morgan fingerprint density at radius 2 is 2.17 bits per heavy atom. The monoisotopic (exact) mass is 368 g/mol. The SMILES string of the molecule is CCn1c(SCC(=O)Nc2sccc2C(=O)OC)nnc1C(C)C. The first kappa shape index (κ1) is 18.5. The molecule has 0 aromatic carbocycles. The zero-order chi connectivity index (χ0) is 17.7. The second-order valence-electron chi connectivity index (χ2n) is 5.23. The van der Waals surface area contributed by atoms with E-state index in [0.29, 0.717) is 10.6 Å². The summed E-state index contributed by atoms with van der Waals surface area (Å²) in [6, 6.07) is 1.63. The summed E-state index contributed by atoms with van der Waals surface area (Å²) in [7, 11) is 1.31. The molecule has 0 spiro atoms. The lowest BCUT2D eigenvalue weighted by atomic mass is 10.2. The number of rotatable bonds is 7. The Labute approximate surface area is 148 Å². The third-order valence-corrected chi connectivity index (χ3v) is 5.03. The van der Waals surface area contributed by atoms with Gasteiger partial charge in [0.25, 0.3) is 0 Å². The van der Waals surface area contributed by atoms with Crippen molar-refractivity contribution in [2.45, 2.75) is 38.4 Å². The summed E-state index contributed by atoms with van der Waals surface area (Å²) < 4.78 is 6.70. The molecule has 0 bridgehead atoms. The number of carbonyl (C=O) groups excluding carboxylic acids is 2. The van der Waals surface area contributed by atoms with Gasteiger partial charge in [-0.25, -0.2) is 4.79 Å². The minimum atomic E-state index is -0.466. The molecule has 0 aliphatic heterocycles. The van der Waals surface area contributed by atoms with E-state index < -0.39 is 5.97 Å². The van der Waals surface area contributed by atoms with Gasteiger partial charge in [0.05, 0.1) is 18.4 Å². The average molecular weight is 368 g/mol. The van der Waals surface area contributed by atoms with Crippen LogP contribution in [0, 0.1) is 0 Å². The molecule has 2 aromatic heterocycles. The fourth-order valence-corrected chi connectivity index (χ4v) is 3.70. The number of thiophene rings is 1. The van der Waals surface area contributed by atoms with E-state index in [0.717, 1.165) is 17.5 Å². The van der Waals surface area contributed by atoms with Crippen LogP contribution in [0.2, 0.25) is 0 Å². The van der Waals surface area contributed by atoms with E-state index in [1.54, 1.807) is 11.4 Å². The summed E-state index contributed by atoms with van der Waals surface area (Å²) in [6.07, 6.45) is 0. The van der Waals surface area contributed by atoms with Crippen LogP contribution in [-0.2, 0) is 16.1 Å². The van der Waals surface area contributed by atoms with Crippen molar-refractivity contribution in [1.82, 2.24) is 14.8 Å². The molecule has 1 N–H and O–H groups in total. The standard InChI is InChI=1S/C15H20N4O3S2/c1-5-19-12(9(2)3)17-18-15(19)24-8-11(20)16-13-10(6-7-23-13)14(21)22-4/h6-7,9H,5,8H2,1-4H3,(H,16,20). The van der Waals surface area contributed by atoms with Gasteiger partial charge >= 0.3 is 5.97 Å².